The molecule has 1 saturated carbocycles. The lowest BCUT2D eigenvalue weighted by Gasteiger charge is -2.27. The molecule has 1 unspecified atom stereocenters. The zero-order valence-corrected chi connectivity index (χ0v) is 8.70. The monoisotopic (exact) mass is 197 g/mol. The first-order chi connectivity index (χ1) is 6.70. The van der Waals surface area contributed by atoms with E-state index in [9.17, 15) is 4.79 Å². The summed E-state index contributed by atoms with van der Waals surface area (Å²) in [5.74, 6) is -0.185. The molecule has 0 aromatic rings. The third-order valence-electron chi connectivity index (χ3n) is 2.94. The summed E-state index contributed by atoms with van der Waals surface area (Å²) in [6, 6.07) is 0.394. The van der Waals surface area contributed by atoms with Gasteiger partial charge in [0.15, 0.2) is 0 Å². The highest BCUT2D eigenvalue weighted by Gasteiger charge is 2.18. The Labute approximate surface area is 85.2 Å². The maximum Gasteiger partial charge on any atom is 0.329 e. The summed E-state index contributed by atoms with van der Waals surface area (Å²) in [4.78, 5) is 10.2. The van der Waals surface area contributed by atoms with Gasteiger partial charge in [-0.25, -0.2) is 4.79 Å². The summed E-state index contributed by atoms with van der Waals surface area (Å²) in [7, 11) is 0. The SMILES string of the molecule is CC(N/C=C/C(=O)O)C1CCCCC1. The Bertz CT molecular complexity index is 207. The maximum absolute atomic E-state index is 10.2. The summed E-state index contributed by atoms with van der Waals surface area (Å²) in [5, 5.41) is 11.5. The van der Waals surface area contributed by atoms with Gasteiger partial charge in [0.05, 0.1) is 0 Å². The van der Waals surface area contributed by atoms with Crippen molar-refractivity contribution in [2.45, 2.75) is 45.1 Å². The van der Waals surface area contributed by atoms with Gasteiger partial charge in [0, 0.05) is 18.3 Å². The number of carboxylic acids is 1. The molecule has 3 heteroatoms. The fourth-order valence-electron chi connectivity index (χ4n) is 2.04. The number of hydrogen-bond donors (Lipinski definition) is 2. The Morgan fingerprint density at radius 2 is 2.07 bits per heavy atom. The summed E-state index contributed by atoms with van der Waals surface area (Å²) in [6.45, 7) is 2.13. The molecule has 2 N–H and O–H groups in total. The minimum absolute atomic E-state index is 0.394. The molecule has 0 saturated heterocycles. The standard InChI is InChI=1S/C11H19NO2/c1-9(12-8-7-11(13)14)10-5-3-2-4-6-10/h7-10,12H,2-6H2,1H3,(H,13,14)/b8-7+. The quantitative estimate of drug-likeness (QED) is 0.679. The molecule has 0 bridgehead atoms. The first-order valence-electron chi connectivity index (χ1n) is 5.35. The highest BCUT2D eigenvalue weighted by molar-refractivity contribution is 5.79. The fourth-order valence-corrected chi connectivity index (χ4v) is 2.04. The van der Waals surface area contributed by atoms with E-state index in [1.54, 1.807) is 6.20 Å². The van der Waals surface area contributed by atoms with E-state index in [0.717, 1.165) is 6.08 Å². The molecule has 0 heterocycles. The molecule has 80 valence electrons. The van der Waals surface area contributed by atoms with Gasteiger partial charge in [-0.3, -0.25) is 0 Å². The maximum atomic E-state index is 10.2. The predicted octanol–water partition coefficient (Wildman–Crippen LogP) is 2.14. The molecule has 0 radical (unpaired) electrons. The number of rotatable bonds is 4. The van der Waals surface area contributed by atoms with Crippen LogP contribution in [0.25, 0.3) is 0 Å². The molecule has 0 amide bonds. The molecule has 14 heavy (non-hydrogen) atoms. The Hall–Kier alpha value is -0.990. The topological polar surface area (TPSA) is 49.3 Å². The van der Waals surface area contributed by atoms with E-state index in [0.29, 0.717) is 12.0 Å². The second-order valence-corrected chi connectivity index (χ2v) is 4.03. The molecule has 1 aliphatic rings. The Morgan fingerprint density at radius 3 is 2.64 bits per heavy atom. The van der Waals surface area contributed by atoms with Crippen LogP contribution in [0, 0.1) is 5.92 Å². The van der Waals surface area contributed by atoms with Gasteiger partial charge >= 0.3 is 5.97 Å². The van der Waals surface area contributed by atoms with Gasteiger partial charge in [0.2, 0.25) is 0 Å². The van der Waals surface area contributed by atoms with E-state index in [1.807, 2.05) is 0 Å². The number of aliphatic carboxylic acids is 1. The van der Waals surface area contributed by atoms with Crippen LogP contribution >= 0.6 is 0 Å². The molecule has 1 fully saturated rings. The third-order valence-corrected chi connectivity index (χ3v) is 2.94. The molecule has 0 spiro atoms. The van der Waals surface area contributed by atoms with Crippen LogP contribution in [0.3, 0.4) is 0 Å². The lowest BCUT2D eigenvalue weighted by molar-refractivity contribution is -0.131. The van der Waals surface area contributed by atoms with Crippen molar-refractivity contribution < 1.29 is 9.90 Å². The summed E-state index contributed by atoms with van der Waals surface area (Å²) in [6.07, 6.45) is 9.23. The van der Waals surface area contributed by atoms with Gasteiger partial charge in [0.1, 0.15) is 0 Å². The van der Waals surface area contributed by atoms with E-state index in [4.69, 9.17) is 5.11 Å². The molecule has 0 aromatic carbocycles. The van der Waals surface area contributed by atoms with Crippen LogP contribution in [-0.2, 0) is 4.79 Å². The number of carbonyl (C=O) groups is 1. The minimum atomic E-state index is -0.895. The van der Waals surface area contributed by atoms with Crippen molar-refractivity contribution in [3.05, 3.63) is 12.3 Å². The van der Waals surface area contributed by atoms with Crippen LogP contribution in [0.5, 0.6) is 0 Å². The van der Waals surface area contributed by atoms with E-state index in [-0.39, 0.29) is 0 Å². The van der Waals surface area contributed by atoms with Crippen molar-refractivity contribution in [1.82, 2.24) is 5.32 Å². The smallest absolute Gasteiger partial charge is 0.329 e. The predicted molar refractivity (Wildman–Crippen MR) is 55.9 cm³/mol. The van der Waals surface area contributed by atoms with Crippen molar-refractivity contribution in [1.29, 1.82) is 0 Å². The molecule has 1 aliphatic carbocycles. The zero-order valence-electron chi connectivity index (χ0n) is 8.70. The molecule has 3 nitrogen and oxygen atoms in total. The summed E-state index contributed by atoms with van der Waals surface area (Å²) in [5.41, 5.74) is 0. The Balaban J connectivity index is 2.25. The summed E-state index contributed by atoms with van der Waals surface area (Å²) >= 11 is 0. The van der Waals surface area contributed by atoms with Crippen LogP contribution in [0.15, 0.2) is 12.3 Å². The number of carboxylic acid groups (broad SMARTS) is 1. The van der Waals surface area contributed by atoms with E-state index < -0.39 is 5.97 Å². The van der Waals surface area contributed by atoms with Gasteiger partial charge < -0.3 is 10.4 Å². The molecular formula is C11H19NO2. The average molecular weight is 197 g/mol. The Morgan fingerprint density at radius 1 is 1.43 bits per heavy atom. The zero-order chi connectivity index (χ0) is 10.4. The molecule has 0 aromatic heterocycles. The number of nitrogens with one attached hydrogen (secondary N) is 1. The second kappa shape index (κ2) is 5.68. The van der Waals surface area contributed by atoms with Crippen molar-refractivity contribution in [2.24, 2.45) is 5.92 Å². The molecular weight excluding hydrogens is 178 g/mol. The van der Waals surface area contributed by atoms with Crippen molar-refractivity contribution >= 4 is 5.97 Å². The molecule has 1 rings (SSSR count). The van der Waals surface area contributed by atoms with Crippen LogP contribution in [0.4, 0.5) is 0 Å². The van der Waals surface area contributed by atoms with Gasteiger partial charge in [-0.05, 0) is 25.7 Å². The second-order valence-electron chi connectivity index (χ2n) is 4.03. The van der Waals surface area contributed by atoms with E-state index in [2.05, 4.69) is 12.2 Å². The van der Waals surface area contributed by atoms with E-state index >= 15 is 0 Å². The summed E-state index contributed by atoms with van der Waals surface area (Å²) < 4.78 is 0. The van der Waals surface area contributed by atoms with Gasteiger partial charge in [-0.15, -0.1) is 0 Å². The van der Waals surface area contributed by atoms with Crippen molar-refractivity contribution in [2.75, 3.05) is 0 Å². The van der Waals surface area contributed by atoms with Crippen LogP contribution in [0.2, 0.25) is 0 Å². The van der Waals surface area contributed by atoms with Gasteiger partial charge in [-0.1, -0.05) is 19.3 Å². The van der Waals surface area contributed by atoms with Crippen LogP contribution in [-0.4, -0.2) is 17.1 Å². The van der Waals surface area contributed by atoms with Gasteiger partial charge in [0.25, 0.3) is 0 Å². The van der Waals surface area contributed by atoms with E-state index in [1.165, 1.54) is 32.1 Å². The van der Waals surface area contributed by atoms with Gasteiger partial charge in [-0.2, -0.15) is 0 Å². The van der Waals surface area contributed by atoms with Crippen LogP contribution < -0.4 is 5.32 Å². The fraction of sp³-hybridized carbons (Fsp3) is 0.727. The Kier molecular flexibility index (Phi) is 4.50. The largest absolute Gasteiger partial charge is 0.478 e. The first kappa shape index (κ1) is 11.1. The average Bonchev–Trinajstić information content (AvgIpc) is 2.18. The third kappa shape index (κ3) is 3.81. The van der Waals surface area contributed by atoms with Crippen molar-refractivity contribution in [3.8, 4) is 0 Å². The highest BCUT2D eigenvalue weighted by atomic mass is 16.4. The lowest BCUT2D eigenvalue weighted by atomic mass is 9.85. The first-order valence-corrected chi connectivity index (χ1v) is 5.35. The lowest BCUT2D eigenvalue weighted by Crippen LogP contribution is -2.31. The van der Waals surface area contributed by atoms with Crippen LogP contribution in [0.1, 0.15) is 39.0 Å². The molecule has 1 atom stereocenters. The minimum Gasteiger partial charge on any atom is -0.478 e. The molecule has 0 aliphatic heterocycles. The van der Waals surface area contributed by atoms with Crippen molar-refractivity contribution in [3.63, 3.8) is 0 Å². The highest BCUT2D eigenvalue weighted by Crippen LogP contribution is 2.26. The number of hydrogen-bond acceptors (Lipinski definition) is 2. The normalized spacial score (nSPS) is 20.9.